The average Bonchev–Trinajstić information content (AvgIpc) is 2.58. The molecular weight excluding hydrogens is 442 g/mol. The Bertz CT molecular complexity index is 388. The molecule has 0 fully saturated rings. The molecule has 0 aliphatic heterocycles. The van der Waals surface area contributed by atoms with E-state index in [0.717, 1.165) is 0 Å². The molecule has 0 amide bonds. The fraction of sp³-hybridized carbons (Fsp3) is 0.800. The molecule has 0 radical (unpaired) electrons. The third-order valence-corrected chi connectivity index (χ3v) is 19.0. The number of halogens is 1. The van der Waals surface area contributed by atoms with Gasteiger partial charge in [-0.2, -0.15) is 0 Å². The standard InChI is InChI=1S/C8H10ClO3.3C4H9.Sn/c1-3-8(11)12-6(2)4-5-7(9)10;3*1-3-4-2;/h1,3,6H,4-5H2,2H3;3*1,3-4H2,2H3;/t6-;;;;/m1..../s1. The average molecular weight is 480 g/mol. The minimum atomic E-state index is -2.42. The first kappa shape index (κ1) is 25.0. The second-order valence-corrected chi connectivity index (χ2v) is 20.6. The SMILES string of the molecule is CCC[CH2][Sn](/[CH]=C/C(=O)O[C@H](C)CCC(=O)Cl)([CH2]CCC)[CH2]CCC. The maximum atomic E-state index is 12.2. The van der Waals surface area contributed by atoms with E-state index in [4.69, 9.17) is 16.3 Å². The van der Waals surface area contributed by atoms with Gasteiger partial charge in [0, 0.05) is 0 Å². The summed E-state index contributed by atoms with van der Waals surface area (Å²) in [4.78, 5) is 23.0. The first-order valence-corrected chi connectivity index (χ1v) is 18.0. The molecule has 0 aliphatic carbocycles. The van der Waals surface area contributed by atoms with Crippen molar-refractivity contribution in [2.24, 2.45) is 0 Å². The minimum absolute atomic E-state index is 0.242. The number of unbranched alkanes of at least 4 members (excludes halogenated alkanes) is 3. The van der Waals surface area contributed by atoms with E-state index in [1.165, 1.54) is 51.8 Å². The molecule has 0 saturated heterocycles. The second-order valence-electron chi connectivity index (χ2n) is 7.15. The molecule has 146 valence electrons. The third-order valence-electron chi connectivity index (χ3n) is 4.72. The third kappa shape index (κ3) is 12.9. The molecule has 0 bridgehead atoms. The summed E-state index contributed by atoms with van der Waals surface area (Å²) >= 11 is 2.92. The van der Waals surface area contributed by atoms with Crippen LogP contribution in [0.2, 0.25) is 13.3 Å². The summed E-state index contributed by atoms with van der Waals surface area (Å²) in [6, 6.07) is 0. The van der Waals surface area contributed by atoms with Crippen molar-refractivity contribution < 1.29 is 14.3 Å². The zero-order chi connectivity index (χ0) is 19.1. The Balaban J connectivity index is 4.88. The van der Waals surface area contributed by atoms with Crippen LogP contribution in [0.4, 0.5) is 0 Å². The van der Waals surface area contributed by atoms with Gasteiger partial charge in [-0.15, -0.1) is 0 Å². The zero-order valence-corrected chi connectivity index (χ0v) is 20.2. The molecule has 25 heavy (non-hydrogen) atoms. The van der Waals surface area contributed by atoms with E-state index in [2.05, 4.69) is 24.9 Å². The predicted octanol–water partition coefficient (Wildman–Crippen LogP) is 6.41. The summed E-state index contributed by atoms with van der Waals surface area (Å²) in [5.41, 5.74) is 0. The van der Waals surface area contributed by atoms with Crippen molar-refractivity contribution in [3.63, 3.8) is 0 Å². The fourth-order valence-corrected chi connectivity index (χ4v) is 17.2. The first-order valence-electron chi connectivity index (χ1n) is 9.97. The Morgan fingerprint density at radius 2 is 1.48 bits per heavy atom. The number of ether oxygens (including phenoxy) is 1. The molecule has 0 spiro atoms. The molecule has 0 saturated carbocycles. The summed E-state index contributed by atoms with van der Waals surface area (Å²) in [6.07, 6.45) is 9.65. The van der Waals surface area contributed by atoms with Crippen LogP contribution >= 0.6 is 11.6 Å². The summed E-state index contributed by atoms with van der Waals surface area (Å²) in [5.74, 6) is -0.264. The van der Waals surface area contributed by atoms with Crippen LogP contribution in [0.5, 0.6) is 0 Å². The van der Waals surface area contributed by atoms with E-state index < -0.39 is 18.4 Å². The van der Waals surface area contributed by atoms with E-state index in [1.54, 1.807) is 6.08 Å². The van der Waals surface area contributed by atoms with Gasteiger partial charge >= 0.3 is 164 Å². The van der Waals surface area contributed by atoms with Gasteiger partial charge in [-0.3, -0.25) is 0 Å². The Morgan fingerprint density at radius 1 is 1.00 bits per heavy atom. The van der Waals surface area contributed by atoms with E-state index in [0.29, 0.717) is 6.42 Å². The summed E-state index contributed by atoms with van der Waals surface area (Å²) in [6.45, 7) is 8.55. The van der Waals surface area contributed by atoms with Gasteiger partial charge in [0.05, 0.1) is 0 Å². The van der Waals surface area contributed by atoms with Crippen LogP contribution in [0.3, 0.4) is 0 Å². The monoisotopic (exact) mass is 480 g/mol. The molecular formula is C20H37ClO3Sn. The number of carbonyl (C=O) groups is 2. The van der Waals surface area contributed by atoms with Crippen molar-refractivity contribution in [1.29, 1.82) is 0 Å². The summed E-state index contributed by atoms with van der Waals surface area (Å²) in [5, 5.41) is -0.382. The van der Waals surface area contributed by atoms with E-state index >= 15 is 0 Å². The molecule has 0 rings (SSSR count). The molecule has 0 aromatic carbocycles. The molecule has 0 heterocycles. The van der Waals surface area contributed by atoms with Gasteiger partial charge in [0.15, 0.2) is 0 Å². The predicted molar refractivity (Wildman–Crippen MR) is 110 cm³/mol. The van der Waals surface area contributed by atoms with Crippen LogP contribution in [-0.4, -0.2) is 35.7 Å². The van der Waals surface area contributed by atoms with Gasteiger partial charge in [0.25, 0.3) is 0 Å². The number of hydrogen-bond acceptors (Lipinski definition) is 3. The fourth-order valence-electron chi connectivity index (χ4n) is 3.07. The Hall–Kier alpha value is -0.0313. The van der Waals surface area contributed by atoms with Crippen LogP contribution in [0, 0.1) is 0 Å². The van der Waals surface area contributed by atoms with Crippen molar-refractivity contribution in [2.45, 2.75) is 98.5 Å². The van der Waals surface area contributed by atoms with Gasteiger partial charge in [0.1, 0.15) is 0 Å². The van der Waals surface area contributed by atoms with E-state index in [-0.39, 0.29) is 23.7 Å². The van der Waals surface area contributed by atoms with Crippen molar-refractivity contribution in [3.05, 3.63) is 10.2 Å². The molecule has 0 unspecified atom stereocenters. The van der Waals surface area contributed by atoms with Crippen molar-refractivity contribution in [2.75, 3.05) is 0 Å². The Kier molecular flexibility index (Phi) is 15.0. The van der Waals surface area contributed by atoms with Crippen LogP contribution in [0.15, 0.2) is 10.2 Å². The van der Waals surface area contributed by atoms with Gasteiger partial charge < -0.3 is 0 Å². The number of esters is 1. The van der Waals surface area contributed by atoms with E-state index in [1.807, 2.05) is 6.92 Å². The molecule has 0 aromatic rings. The molecule has 0 aliphatic rings. The number of rotatable bonds is 15. The quantitative estimate of drug-likeness (QED) is 0.118. The summed E-state index contributed by atoms with van der Waals surface area (Å²) < 4.78 is 11.7. The Morgan fingerprint density at radius 3 is 1.88 bits per heavy atom. The number of carbonyl (C=O) groups excluding carboxylic acids is 2. The van der Waals surface area contributed by atoms with E-state index in [9.17, 15) is 9.59 Å². The van der Waals surface area contributed by atoms with Crippen molar-refractivity contribution in [3.8, 4) is 0 Å². The summed E-state index contributed by atoms with van der Waals surface area (Å²) in [7, 11) is 0. The molecule has 0 N–H and O–H groups in total. The van der Waals surface area contributed by atoms with Crippen LogP contribution in [0.25, 0.3) is 0 Å². The second kappa shape index (κ2) is 15.1. The molecule has 5 heteroatoms. The molecule has 3 nitrogen and oxygen atoms in total. The topological polar surface area (TPSA) is 43.4 Å². The van der Waals surface area contributed by atoms with Crippen LogP contribution < -0.4 is 0 Å². The first-order chi connectivity index (χ1) is 11.9. The maximum absolute atomic E-state index is 12.2. The van der Waals surface area contributed by atoms with Crippen molar-refractivity contribution in [1.82, 2.24) is 0 Å². The molecule has 1 atom stereocenters. The van der Waals surface area contributed by atoms with Crippen LogP contribution in [0.1, 0.15) is 79.1 Å². The van der Waals surface area contributed by atoms with Gasteiger partial charge in [-0.25, -0.2) is 0 Å². The van der Waals surface area contributed by atoms with Crippen LogP contribution in [-0.2, 0) is 14.3 Å². The number of hydrogen-bond donors (Lipinski definition) is 0. The zero-order valence-electron chi connectivity index (χ0n) is 16.6. The van der Waals surface area contributed by atoms with Gasteiger partial charge in [0.2, 0.25) is 0 Å². The van der Waals surface area contributed by atoms with Gasteiger partial charge in [-0.1, -0.05) is 0 Å². The normalized spacial score (nSPS) is 13.2. The Labute approximate surface area is 163 Å². The van der Waals surface area contributed by atoms with Crippen molar-refractivity contribution >= 4 is 41.2 Å². The van der Waals surface area contributed by atoms with Gasteiger partial charge in [-0.05, 0) is 0 Å². The molecule has 0 aromatic heterocycles.